The van der Waals surface area contributed by atoms with Gasteiger partial charge in [-0.1, -0.05) is 5.16 Å². The van der Waals surface area contributed by atoms with E-state index < -0.39 is 17.3 Å². The molecular weight excluding hydrogens is 369 g/mol. The zero-order valence-corrected chi connectivity index (χ0v) is 15.2. The minimum absolute atomic E-state index is 0.0651. The molecule has 2 N–H and O–H groups in total. The zero-order valence-electron chi connectivity index (χ0n) is 15.2. The first-order chi connectivity index (χ1) is 13.4. The third kappa shape index (κ3) is 4.65. The van der Waals surface area contributed by atoms with Gasteiger partial charge in [-0.15, -0.1) is 10.2 Å². The maximum Gasteiger partial charge on any atom is 0.272 e. The fraction of sp³-hybridized carbons (Fsp3) is 0.278. The van der Waals surface area contributed by atoms with Gasteiger partial charge in [-0.2, -0.15) is 0 Å². The second-order valence-corrected chi connectivity index (χ2v) is 6.59. The lowest BCUT2D eigenvalue weighted by atomic mass is 10.1. The van der Waals surface area contributed by atoms with Crippen molar-refractivity contribution in [3.8, 4) is 17.3 Å². The first kappa shape index (κ1) is 19.4. The van der Waals surface area contributed by atoms with Crippen molar-refractivity contribution in [1.82, 2.24) is 25.7 Å². The van der Waals surface area contributed by atoms with Crippen molar-refractivity contribution in [3.05, 3.63) is 53.8 Å². The van der Waals surface area contributed by atoms with E-state index in [-0.39, 0.29) is 24.8 Å². The number of halogens is 1. The number of nitrogens with one attached hydrogen (secondary N) is 1. The van der Waals surface area contributed by atoms with Crippen LogP contribution in [0.1, 0.15) is 29.9 Å². The number of ether oxygens (including phenoxy) is 1. The van der Waals surface area contributed by atoms with Gasteiger partial charge in [-0.3, -0.25) is 9.78 Å². The highest BCUT2D eigenvalue weighted by Gasteiger charge is 2.21. The molecule has 0 aliphatic carbocycles. The van der Waals surface area contributed by atoms with Gasteiger partial charge in [-0.25, -0.2) is 4.39 Å². The Labute approximate surface area is 159 Å². The topological polar surface area (TPSA) is 123 Å². The Morgan fingerprint density at radius 2 is 2.11 bits per heavy atom. The molecular formula is C18H18FN5O4. The number of aliphatic hydroxyl groups is 1. The quantitative estimate of drug-likeness (QED) is 0.628. The lowest BCUT2D eigenvalue weighted by Gasteiger charge is -2.22. The number of amides is 1. The number of hydrogen-bond donors (Lipinski definition) is 2. The molecule has 146 valence electrons. The summed E-state index contributed by atoms with van der Waals surface area (Å²) in [5.41, 5.74) is 0.781. The smallest absolute Gasteiger partial charge is 0.272 e. The molecule has 0 aliphatic heterocycles. The average Bonchev–Trinajstić information content (AvgIpc) is 3.15. The fourth-order valence-electron chi connectivity index (χ4n) is 2.17. The highest BCUT2D eigenvalue weighted by Crippen LogP contribution is 2.21. The van der Waals surface area contributed by atoms with Crippen LogP contribution in [0.25, 0.3) is 11.4 Å². The molecule has 28 heavy (non-hydrogen) atoms. The third-order valence-corrected chi connectivity index (χ3v) is 3.71. The molecule has 0 aliphatic rings. The monoisotopic (exact) mass is 387 g/mol. The summed E-state index contributed by atoms with van der Waals surface area (Å²) in [6.45, 7) is 3.22. The van der Waals surface area contributed by atoms with Crippen LogP contribution in [0.5, 0.6) is 5.88 Å². The third-order valence-electron chi connectivity index (χ3n) is 3.71. The van der Waals surface area contributed by atoms with E-state index in [9.17, 15) is 14.3 Å². The first-order valence-electron chi connectivity index (χ1n) is 8.33. The van der Waals surface area contributed by atoms with Gasteiger partial charge in [0.1, 0.15) is 24.4 Å². The van der Waals surface area contributed by atoms with Crippen molar-refractivity contribution in [3.63, 3.8) is 0 Å². The number of rotatable bonds is 7. The molecule has 0 bridgehead atoms. The Bertz CT molecular complexity index is 941. The molecule has 0 spiro atoms. The van der Waals surface area contributed by atoms with Crippen molar-refractivity contribution in [1.29, 1.82) is 0 Å². The van der Waals surface area contributed by atoms with E-state index in [0.717, 1.165) is 6.20 Å². The Morgan fingerprint density at radius 1 is 1.29 bits per heavy atom. The molecule has 9 nitrogen and oxygen atoms in total. The molecule has 3 aromatic rings. The summed E-state index contributed by atoms with van der Waals surface area (Å²) in [4.78, 5) is 16.0. The SMILES string of the molecule is CC(C)(CO)NC(=O)c1ccc(OCc2conc2-c2ccc(F)cn2)nn1. The summed E-state index contributed by atoms with van der Waals surface area (Å²) in [5.74, 6) is -0.717. The summed E-state index contributed by atoms with van der Waals surface area (Å²) in [7, 11) is 0. The van der Waals surface area contributed by atoms with E-state index in [1.54, 1.807) is 13.8 Å². The molecule has 0 unspecified atom stereocenters. The average molecular weight is 387 g/mol. The van der Waals surface area contributed by atoms with Crippen LogP contribution in [0, 0.1) is 5.82 Å². The molecule has 3 aromatic heterocycles. The summed E-state index contributed by atoms with van der Waals surface area (Å²) >= 11 is 0. The van der Waals surface area contributed by atoms with Crippen LogP contribution < -0.4 is 10.1 Å². The lowest BCUT2D eigenvalue weighted by Crippen LogP contribution is -2.46. The number of carbonyl (C=O) groups excluding carboxylic acids is 1. The van der Waals surface area contributed by atoms with Crippen LogP contribution in [0.2, 0.25) is 0 Å². The van der Waals surface area contributed by atoms with Crippen molar-refractivity contribution >= 4 is 5.91 Å². The first-order valence-corrected chi connectivity index (χ1v) is 8.33. The second-order valence-electron chi connectivity index (χ2n) is 6.59. The fourth-order valence-corrected chi connectivity index (χ4v) is 2.17. The number of aliphatic hydroxyl groups excluding tert-OH is 1. The predicted octanol–water partition coefficient (Wildman–Crippen LogP) is 1.75. The van der Waals surface area contributed by atoms with E-state index in [1.165, 1.54) is 30.5 Å². The molecule has 0 aromatic carbocycles. The van der Waals surface area contributed by atoms with Gasteiger partial charge < -0.3 is 19.7 Å². The van der Waals surface area contributed by atoms with Crippen molar-refractivity contribution in [2.45, 2.75) is 26.0 Å². The van der Waals surface area contributed by atoms with E-state index in [2.05, 4.69) is 25.7 Å². The molecule has 0 saturated heterocycles. The Morgan fingerprint density at radius 3 is 2.75 bits per heavy atom. The number of hydrogen-bond acceptors (Lipinski definition) is 8. The number of nitrogens with zero attached hydrogens (tertiary/aromatic N) is 4. The molecule has 0 atom stereocenters. The highest BCUT2D eigenvalue weighted by molar-refractivity contribution is 5.92. The van der Waals surface area contributed by atoms with Crippen LogP contribution in [-0.4, -0.2) is 43.5 Å². The molecule has 0 fully saturated rings. The lowest BCUT2D eigenvalue weighted by molar-refractivity contribution is 0.0863. The minimum Gasteiger partial charge on any atom is -0.472 e. The van der Waals surface area contributed by atoms with Gasteiger partial charge in [-0.05, 0) is 32.0 Å². The van der Waals surface area contributed by atoms with Crippen LogP contribution >= 0.6 is 0 Å². The van der Waals surface area contributed by atoms with E-state index in [0.29, 0.717) is 17.0 Å². The maximum atomic E-state index is 13.0. The van der Waals surface area contributed by atoms with Gasteiger partial charge in [0.25, 0.3) is 5.91 Å². The molecule has 1 amide bonds. The van der Waals surface area contributed by atoms with Gasteiger partial charge >= 0.3 is 0 Å². The van der Waals surface area contributed by atoms with Crippen LogP contribution in [-0.2, 0) is 6.61 Å². The predicted molar refractivity (Wildman–Crippen MR) is 94.7 cm³/mol. The van der Waals surface area contributed by atoms with Crippen LogP contribution in [0.3, 0.4) is 0 Å². The minimum atomic E-state index is -0.771. The highest BCUT2D eigenvalue weighted by atomic mass is 19.1. The Hall–Kier alpha value is -3.40. The maximum absolute atomic E-state index is 13.0. The van der Waals surface area contributed by atoms with E-state index in [4.69, 9.17) is 9.26 Å². The summed E-state index contributed by atoms with van der Waals surface area (Å²) in [6, 6.07) is 5.71. The number of aromatic nitrogens is 4. The van der Waals surface area contributed by atoms with Gasteiger partial charge in [0.2, 0.25) is 5.88 Å². The Kier molecular flexibility index (Phi) is 5.59. The van der Waals surface area contributed by atoms with Crippen LogP contribution in [0.15, 0.2) is 41.2 Å². The summed E-state index contributed by atoms with van der Waals surface area (Å²) < 4.78 is 23.5. The molecule has 0 saturated carbocycles. The number of carbonyl (C=O) groups is 1. The largest absolute Gasteiger partial charge is 0.472 e. The van der Waals surface area contributed by atoms with Gasteiger partial charge in [0.15, 0.2) is 5.69 Å². The number of pyridine rings is 1. The van der Waals surface area contributed by atoms with Crippen LogP contribution in [0.4, 0.5) is 4.39 Å². The summed E-state index contributed by atoms with van der Waals surface area (Å²) in [6.07, 6.45) is 2.48. The molecule has 0 radical (unpaired) electrons. The van der Waals surface area contributed by atoms with Gasteiger partial charge in [0, 0.05) is 6.07 Å². The van der Waals surface area contributed by atoms with Crippen molar-refractivity contribution in [2.75, 3.05) is 6.61 Å². The molecule has 3 rings (SSSR count). The van der Waals surface area contributed by atoms with E-state index in [1.807, 2.05) is 0 Å². The normalized spacial score (nSPS) is 11.3. The zero-order chi connectivity index (χ0) is 20.1. The summed E-state index contributed by atoms with van der Waals surface area (Å²) in [5, 5.41) is 23.4. The Balaban J connectivity index is 1.64. The standard InChI is InChI=1S/C18H18FN5O4/c1-18(2,10-25)21-17(26)14-5-6-15(23-22-14)27-8-11-9-28-24-16(11)13-4-3-12(19)7-20-13/h3-7,9,25H,8,10H2,1-2H3,(H,21,26). The van der Waals surface area contributed by atoms with Gasteiger partial charge in [0.05, 0.1) is 29.6 Å². The van der Waals surface area contributed by atoms with Crippen molar-refractivity contribution < 1.29 is 23.6 Å². The molecule has 10 heteroatoms. The van der Waals surface area contributed by atoms with Crippen molar-refractivity contribution in [2.24, 2.45) is 0 Å². The second kappa shape index (κ2) is 8.09. The van der Waals surface area contributed by atoms with E-state index >= 15 is 0 Å². The molecule has 3 heterocycles.